The first-order valence-corrected chi connectivity index (χ1v) is 7.60. The van der Waals surface area contributed by atoms with Gasteiger partial charge in [0.1, 0.15) is 4.88 Å². The molecule has 1 N–H and O–H groups in total. The highest BCUT2D eigenvalue weighted by Gasteiger charge is 2.16. The molecule has 0 saturated carbocycles. The van der Waals surface area contributed by atoms with Crippen LogP contribution < -0.4 is 5.32 Å². The van der Waals surface area contributed by atoms with Gasteiger partial charge in [-0.3, -0.25) is 4.79 Å². The maximum absolute atomic E-state index is 12.0. The van der Waals surface area contributed by atoms with E-state index in [-0.39, 0.29) is 12.0 Å². The molecule has 1 aromatic heterocycles. The largest absolute Gasteiger partial charge is 0.379 e. The van der Waals surface area contributed by atoms with Crippen molar-refractivity contribution in [2.75, 3.05) is 13.2 Å². The molecular formula is C14H24N2O2S. The SMILES string of the molecule is Cc1nc(C(C)C)sc1C(=O)NCCCOC(C)C. The van der Waals surface area contributed by atoms with Crippen LogP contribution in [0, 0.1) is 6.92 Å². The van der Waals surface area contributed by atoms with Crippen LogP contribution in [-0.4, -0.2) is 30.1 Å². The smallest absolute Gasteiger partial charge is 0.263 e. The molecule has 0 fully saturated rings. The number of nitrogens with zero attached hydrogens (tertiary/aromatic N) is 1. The summed E-state index contributed by atoms with van der Waals surface area (Å²) < 4.78 is 5.43. The third kappa shape index (κ3) is 5.28. The third-order valence-electron chi connectivity index (χ3n) is 2.57. The van der Waals surface area contributed by atoms with E-state index in [1.54, 1.807) is 0 Å². The summed E-state index contributed by atoms with van der Waals surface area (Å²) in [5.74, 6) is 0.344. The first kappa shape index (κ1) is 16.1. The fourth-order valence-corrected chi connectivity index (χ4v) is 2.53. The first-order valence-electron chi connectivity index (χ1n) is 6.79. The van der Waals surface area contributed by atoms with Gasteiger partial charge in [0, 0.05) is 19.1 Å². The first-order chi connectivity index (χ1) is 8.91. The summed E-state index contributed by atoms with van der Waals surface area (Å²) in [5, 5.41) is 3.94. The number of thiazole rings is 1. The van der Waals surface area contributed by atoms with Gasteiger partial charge in [-0.15, -0.1) is 11.3 Å². The highest BCUT2D eigenvalue weighted by Crippen LogP contribution is 2.24. The molecule has 0 atom stereocenters. The molecule has 0 spiro atoms. The molecule has 0 aliphatic carbocycles. The third-order valence-corrected chi connectivity index (χ3v) is 4.03. The van der Waals surface area contributed by atoms with Crippen molar-refractivity contribution < 1.29 is 9.53 Å². The van der Waals surface area contributed by atoms with E-state index >= 15 is 0 Å². The van der Waals surface area contributed by atoms with E-state index in [9.17, 15) is 4.79 Å². The molecule has 5 heteroatoms. The van der Waals surface area contributed by atoms with E-state index in [2.05, 4.69) is 24.1 Å². The highest BCUT2D eigenvalue weighted by atomic mass is 32.1. The summed E-state index contributed by atoms with van der Waals surface area (Å²) in [4.78, 5) is 17.2. The van der Waals surface area contributed by atoms with E-state index < -0.39 is 0 Å². The van der Waals surface area contributed by atoms with Crippen molar-refractivity contribution in [3.8, 4) is 0 Å². The maximum atomic E-state index is 12.0. The van der Waals surface area contributed by atoms with Crippen molar-refractivity contribution in [3.63, 3.8) is 0 Å². The van der Waals surface area contributed by atoms with E-state index in [0.717, 1.165) is 22.0 Å². The van der Waals surface area contributed by atoms with Crippen LogP contribution in [0.3, 0.4) is 0 Å². The molecule has 0 radical (unpaired) electrons. The minimum absolute atomic E-state index is 0.0218. The molecular weight excluding hydrogens is 260 g/mol. The second-order valence-corrected chi connectivity index (χ2v) is 6.18. The van der Waals surface area contributed by atoms with E-state index in [1.165, 1.54) is 11.3 Å². The van der Waals surface area contributed by atoms with Gasteiger partial charge in [-0.25, -0.2) is 4.98 Å². The number of aromatic nitrogens is 1. The molecule has 0 unspecified atom stereocenters. The number of hydrogen-bond donors (Lipinski definition) is 1. The molecule has 0 aromatic carbocycles. The molecule has 4 nitrogen and oxygen atoms in total. The summed E-state index contributed by atoms with van der Waals surface area (Å²) in [6.07, 6.45) is 1.08. The number of carbonyl (C=O) groups excluding carboxylic acids is 1. The highest BCUT2D eigenvalue weighted by molar-refractivity contribution is 7.13. The Bertz CT molecular complexity index is 414. The van der Waals surface area contributed by atoms with Gasteiger partial charge in [0.15, 0.2) is 0 Å². The molecule has 0 aliphatic rings. The fraction of sp³-hybridized carbons (Fsp3) is 0.714. The molecule has 1 amide bonds. The maximum Gasteiger partial charge on any atom is 0.263 e. The second-order valence-electron chi connectivity index (χ2n) is 5.15. The van der Waals surface area contributed by atoms with Gasteiger partial charge in [0.25, 0.3) is 5.91 Å². The molecule has 0 saturated heterocycles. The molecule has 1 heterocycles. The Kier molecular flexibility index (Phi) is 6.45. The number of aryl methyl sites for hydroxylation is 1. The normalized spacial score (nSPS) is 11.3. The van der Waals surface area contributed by atoms with Crippen molar-refractivity contribution >= 4 is 17.2 Å². The number of hydrogen-bond acceptors (Lipinski definition) is 4. The van der Waals surface area contributed by atoms with Crippen molar-refractivity contribution in [1.29, 1.82) is 0 Å². The average molecular weight is 284 g/mol. The van der Waals surface area contributed by atoms with Crippen molar-refractivity contribution in [3.05, 3.63) is 15.6 Å². The zero-order valence-electron chi connectivity index (χ0n) is 12.4. The lowest BCUT2D eigenvalue weighted by molar-refractivity contribution is 0.0757. The van der Waals surface area contributed by atoms with Gasteiger partial charge < -0.3 is 10.1 Å². The Morgan fingerprint density at radius 3 is 2.58 bits per heavy atom. The summed E-state index contributed by atoms with van der Waals surface area (Å²) in [5.41, 5.74) is 0.824. The van der Waals surface area contributed by atoms with Crippen molar-refractivity contribution in [2.45, 2.75) is 53.1 Å². The second kappa shape index (κ2) is 7.60. The zero-order chi connectivity index (χ0) is 14.4. The van der Waals surface area contributed by atoms with E-state index in [4.69, 9.17) is 4.74 Å². The topological polar surface area (TPSA) is 51.2 Å². The average Bonchev–Trinajstić information content (AvgIpc) is 2.70. The van der Waals surface area contributed by atoms with Crippen LogP contribution in [0.25, 0.3) is 0 Å². The standard InChI is InChI=1S/C14H24N2O2S/c1-9(2)14-16-11(5)12(19-14)13(17)15-7-6-8-18-10(3)4/h9-10H,6-8H2,1-5H3,(H,15,17). The summed E-state index contributed by atoms with van der Waals surface area (Å²) in [7, 11) is 0. The van der Waals surface area contributed by atoms with Crippen molar-refractivity contribution in [1.82, 2.24) is 10.3 Å². The Labute approximate surface area is 119 Å². The van der Waals surface area contributed by atoms with Crippen LogP contribution in [-0.2, 0) is 4.74 Å². The van der Waals surface area contributed by atoms with Gasteiger partial charge in [-0.1, -0.05) is 13.8 Å². The van der Waals surface area contributed by atoms with E-state index in [0.29, 0.717) is 19.1 Å². The number of rotatable bonds is 7. The van der Waals surface area contributed by atoms with Crippen molar-refractivity contribution in [2.24, 2.45) is 0 Å². The van der Waals surface area contributed by atoms with Crippen LogP contribution >= 0.6 is 11.3 Å². The van der Waals surface area contributed by atoms with E-state index in [1.807, 2.05) is 20.8 Å². The van der Waals surface area contributed by atoms with Gasteiger partial charge in [0.05, 0.1) is 16.8 Å². The zero-order valence-corrected chi connectivity index (χ0v) is 13.3. The van der Waals surface area contributed by atoms with Gasteiger partial charge in [0.2, 0.25) is 0 Å². The number of carbonyl (C=O) groups is 1. The summed E-state index contributed by atoms with van der Waals surface area (Å²) >= 11 is 1.49. The minimum Gasteiger partial charge on any atom is -0.379 e. The quantitative estimate of drug-likeness (QED) is 0.783. The monoisotopic (exact) mass is 284 g/mol. The summed E-state index contributed by atoms with van der Waals surface area (Å²) in [6.45, 7) is 11.4. The Morgan fingerprint density at radius 1 is 1.37 bits per heavy atom. The molecule has 0 bridgehead atoms. The predicted octanol–water partition coefficient (Wildman–Crippen LogP) is 3.12. The predicted molar refractivity (Wildman–Crippen MR) is 79.0 cm³/mol. The van der Waals surface area contributed by atoms with Crippen LogP contribution in [0.15, 0.2) is 0 Å². The van der Waals surface area contributed by atoms with Crippen LogP contribution in [0.4, 0.5) is 0 Å². The number of amides is 1. The van der Waals surface area contributed by atoms with Crippen LogP contribution in [0.5, 0.6) is 0 Å². The molecule has 1 rings (SSSR count). The minimum atomic E-state index is -0.0218. The Hall–Kier alpha value is -0.940. The lowest BCUT2D eigenvalue weighted by Crippen LogP contribution is -2.25. The van der Waals surface area contributed by atoms with Crippen LogP contribution in [0.1, 0.15) is 60.4 Å². The number of ether oxygens (including phenoxy) is 1. The lowest BCUT2D eigenvalue weighted by Gasteiger charge is -2.07. The lowest BCUT2D eigenvalue weighted by atomic mass is 10.2. The van der Waals surface area contributed by atoms with Gasteiger partial charge >= 0.3 is 0 Å². The molecule has 19 heavy (non-hydrogen) atoms. The number of nitrogens with one attached hydrogen (secondary N) is 1. The van der Waals surface area contributed by atoms with Crippen LogP contribution in [0.2, 0.25) is 0 Å². The molecule has 108 valence electrons. The van der Waals surface area contributed by atoms with Gasteiger partial charge in [-0.2, -0.15) is 0 Å². The fourth-order valence-electron chi connectivity index (χ4n) is 1.55. The molecule has 1 aromatic rings. The van der Waals surface area contributed by atoms with Gasteiger partial charge in [-0.05, 0) is 27.2 Å². The Morgan fingerprint density at radius 2 is 2.05 bits per heavy atom. The Balaban J connectivity index is 2.41. The summed E-state index contributed by atoms with van der Waals surface area (Å²) in [6, 6.07) is 0. The molecule has 0 aliphatic heterocycles.